The zero-order valence-corrected chi connectivity index (χ0v) is 20.4. The zero-order valence-electron chi connectivity index (χ0n) is 17.0. The van der Waals surface area contributed by atoms with E-state index in [-0.39, 0.29) is 66.8 Å². The number of aryl methyl sites for hydroxylation is 1. The largest absolute Gasteiger partial charge is 2.00 e. The van der Waals surface area contributed by atoms with Gasteiger partial charge in [0, 0.05) is 23.5 Å². The monoisotopic (exact) mass is 550 g/mol. The van der Waals surface area contributed by atoms with Gasteiger partial charge in [0.25, 0.3) is 0 Å². The minimum absolute atomic E-state index is 0. The number of carbonyl (C=O) groups is 2. The zero-order chi connectivity index (χ0) is 20.7. The van der Waals surface area contributed by atoms with Crippen molar-refractivity contribution < 1.29 is 39.3 Å². The van der Waals surface area contributed by atoms with Crippen LogP contribution in [0.3, 0.4) is 0 Å². The van der Waals surface area contributed by atoms with Crippen molar-refractivity contribution in [3.05, 3.63) is 83.2 Å². The van der Waals surface area contributed by atoms with Crippen molar-refractivity contribution in [1.82, 2.24) is 9.97 Å². The maximum Gasteiger partial charge on any atom is 2.00 e. The van der Waals surface area contributed by atoms with Gasteiger partial charge in [-0.25, -0.2) is 0 Å². The molecule has 2 aromatic heterocycles. The molecule has 0 N–H and O–H groups in total. The first-order chi connectivity index (χ1) is 13.3. The van der Waals surface area contributed by atoms with E-state index < -0.39 is 11.9 Å². The molecule has 31 heavy (non-hydrogen) atoms. The van der Waals surface area contributed by atoms with Crippen LogP contribution in [0, 0.1) is 6.92 Å². The number of halogens is 2. The van der Waals surface area contributed by atoms with Crippen LogP contribution < -0.4 is 10.2 Å². The molecule has 3 rings (SSSR count). The third-order valence-electron chi connectivity index (χ3n) is 4.00. The van der Waals surface area contributed by atoms with E-state index in [9.17, 15) is 19.8 Å². The van der Waals surface area contributed by atoms with Gasteiger partial charge in [0.05, 0.1) is 23.3 Å². The second-order valence-electron chi connectivity index (χ2n) is 6.50. The van der Waals surface area contributed by atoms with Gasteiger partial charge < -0.3 is 19.8 Å². The van der Waals surface area contributed by atoms with E-state index in [1.807, 2.05) is 0 Å². The minimum Gasteiger partial charge on any atom is -0.545 e. The molecule has 166 valence electrons. The maximum atomic E-state index is 10.7. The first-order valence-corrected chi connectivity index (χ1v) is 8.69. The Bertz CT molecular complexity index is 928. The number of nitrogens with zero attached hydrogens (tertiary/aromatic N) is 2. The Morgan fingerprint density at radius 2 is 1.16 bits per heavy atom. The van der Waals surface area contributed by atoms with Crippen molar-refractivity contribution in [1.29, 1.82) is 0 Å². The van der Waals surface area contributed by atoms with Gasteiger partial charge in [-0.15, -0.1) is 24.8 Å². The van der Waals surface area contributed by atoms with Crippen LogP contribution >= 0.6 is 24.8 Å². The van der Waals surface area contributed by atoms with Gasteiger partial charge in [0.15, 0.2) is 0 Å². The van der Waals surface area contributed by atoms with E-state index in [1.165, 1.54) is 47.8 Å². The van der Waals surface area contributed by atoms with Crippen LogP contribution in [0.1, 0.15) is 51.6 Å². The number of hydrogen-bond acceptors (Lipinski definition) is 6. The molecule has 0 aliphatic rings. The van der Waals surface area contributed by atoms with Gasteiger partial charge in [-0.2, -0.15) is 0 Å². The molecule has 0 fully saturated rings. The number of aromatic nitrogens is 2. The summed E-state index contributed by atoms with van der Waals surface area (Å²) < 4.78 is 0. The topological polar surface area (TPSA) is 106 Å². The van der Waals surface area contributed by atoms with Crippen molar-refractivity contribution in [3.63, 3.8) is 0 Å². The summed E-state index contributed by atoms with van der Waals surface area (Å²) in [5, 5.41) is 21.4. The summed E-state index contributed by atoms with van der Waals surface area (Å²) in [4.78, 5) is 29.2. The SMILES string of the molecule is Cc1ccc(C(C)C)cc1.Cl.Cl.O=C([O-])c1ccnc(-c2cc(C(=O)[O-])ccn2)c1.[Ru+2]. The van der Waals surface area contributed by atoms with E-state index in [0.717, 1.165) is 0 Å². The predicted octanol–water partition coefficient (Wildman–Crippen LogP) is 2.83. The molecule has 0 atom stereocenters. The number of carbonyl (C=O) groups excluding carboxylic acids is 2. The van der Waals surface area contributed by atoms with Crippen LogP contribution in [-0.2, 0) is 19.5 Å². The molecule has 0 amide bonds. The molecule has 0 aliphatic carbocycles. The van der Waals surface area contributed by atoms with Gasteiger partial charge in [0.1, 0.15) is 0 Å². The molecule has 0 radical (unpaired) electrons. The van der Waals surface area contributed by atoms with E-state index in [2.05, 4.69) is 55.0 Å². The third-order valence-corrected chi connectivity index (χ3v) is 4.00. The summed E-state index contributed by atoms with van der Waals surface area (Å²) in [6.07, 6.45) is 2.57. The van der Waals surface area contributed by atoms with Gasteiger partial charge in [0.2, 0.25) is 0 Å². The fourth-order valence-corrected chi connectivity index (χ4v) is 2.35. The summed E-state index contributed by atoms with van der Waals surface area (Å²) in [7, 11) is 0. The second kappa shape index (κ2) is 14.6. The van der Waals surface area contributed by atoms with Crippen molar-refractivity contribution in [2.24, 2.45) is 0 Å². The van der Waals surface area contributed by atoms with E-state index in [1.54, 1.807) is 0 Å². The Morgan fingerprint density at radius 3 is 1.48 bits per heavy atom. The third kappa shape index (κ3) is 9.56. The number of carboxylic acid groups (broad SMARTS) is 2. The fraction of sp³-hybridized carbons (Fsp3) is 0.182. The first-order valence-electron chi connectivity index (χ1n) is 8.69. The molecular weight excluding hydrogens is 528 g/mol. The number of pyridine rings is 2. The first kappa shape index (κ1) is 30.9. The molecule has 0 unspecified atom stereocenters. The van der Waals surface area contributed by atoms with Crippen molar-refractivity contribution in [2.75, 3.05) is 0 Å². The molecule has 6 nitrogen and oxygen atoms in total. The van der Waals surface area contributed by atoms with Gasteiger partial charge in [-0.05, 0) is 42.7 Å². The van der Waals surface area contributed by atoms with Crippen LogP contribution in [-0.4, -0.2) is 21.9 Å². The van der Waals surface area contributed by atoms with Crippen molar-refractivity contribution in [2.45, 2.75) is 26.7 Å². The van der Waals surface area contributed by atoms with Crippen LogP contribution in [0.15, 0.2) is 60.9 Å². The number of carboxylic acids is 2. The van der Waals surface area contributed by atoms with Crippen molar-refractivity contribution in [3.8, 4) is 11.4 Å². The summed E-state index contributed by atoms with van der Waals surface area (Å²) >= 11 is 0. The summed E-state index contributed by atoms with van der Waals surface area (Å²) in [5.74, 6) is -2.02. The fourth-order valence-electron chi connectivity index (χ4n) is 2.35. The normalized spacial score (nSPS) is 9.16. The van der Waals surface area contributed by atoms with E-state index in [4.69, 9.17) is 0 Å². The molecule has 0 saturated heterocycles. The Morgan fingerprint density at radius 1 is 0.774 bits per heavy atom. The Labute approximate surface area is 206 Å². The molecule has 0 spiro atoms. The second-order valence-corrected chi connectivity index (χ2v) is 6.50. The molecule has 0 saturated carbocycles. The maximum absolute atomic E-state index is 10.7. The van der Waals surface area contributed by atoms with Gasteiger partial charge in [-0.3, -0.25) is 9.97 Å². The average molecular weight is 550 g/mol. The average Bonchev–Trinajstić information content (AvgIpc) is 2.69. The standard InChI is InChI=1S/C12H8N2O4.C10H14.2ClH.Ru/c15-11(16)7-1-3-13-9(5-7)10-6-8(12(17)18)2-4-14-10;1-8(2)10-6-4-9(3)5-7-10;;;/h1-6H,(H,15,16)(H,17,18);4-8H,1-3H3;2*1H;/q;;;;+2/p-2. The van der Waals surface area contributed by atoms with E-state index in [0.29, 0.717) is 5.92 Å². The summed E-state index contributed by atoms with van der Waals surface area (Å²) in [6, 6.07) is 13.8. The molecular formula is C22H22Cl2N2O4Ru. The Kier molecular flexibility index (Phi) is 14.6. The molecule has 9 heteroatoms. The van der Waals surface area contributed by atoms with Crippen LogP contribution in [0.2, 0.25) is 0 Å². The predicted molar refractivity (Wildman–Crippen MR) is 116 cm³/mol. The summed E-state index contributed by atoms with van der Waals surface area (Å²) in [5.41, 5.74) is 3.15. The number of hydrogen-bond donors (Lipinski definition) is 0. The van der Waals surface area contributed by atoms with Crippen molar-refractivity contribution >= 4 is 36.8 Å². The Balaban J connectivity index is 0. The van der Waals surface area contributed by atoms with Crippen LogP contribution in [0.25, 0.3) is 11.4 Å². The van der Waals surface area contributed by atoms with Crippen LogP contribution in [0.4, 0.5) is 0 Å². The van der Waals surface area contributed by atoms with Gasteiger partial charge in [-0.1, -0.05) is 43.7 Å². The number of aromatic carboxylic acids is 2. The molecule has 3 aromatic rings. The summed E-state index contributed by atoms with van der Waals surface area (Å²) in [6.45, 7) is 6.54. The molecule has 0 aliphatic heterocycles. The van der Waals surface area contributed by atoms with E-state index >= 15 is 0 Å². The Hall–Kier alpha value is -2.34. The minimum atomic E-state index is -1.34. The molecule has 0 bridgehead atoms. The van der Waals surface area contributed by atoms with Gasteiger partial charge >= 0.3 is 19.5 Å². The molecule has 1 aromatic carbocycles. The number of benzene rings is 1. The smallest absolute Gasteiger partial charge is 0.545 e. The molecule has 2 heterocycles. The number of rotatable bonds is 4. The quantitative estimate of drug-likeness (QED) is 0.463. The van der Waals surface area contributed by atoms with Crippen LogP contribution in [0.5, 0.6) is 0 Å².